The van der Waals surface area contributed by atoms with Crippen molar-refractivity contribution in [3.63, 3.8) is 0 Å². The molecule has 1 N–H and O–H groups in total. The average molecular weight is 480 g/mol. The standard InChI is InChI=1S/C19H36N4O2.HI/c1-4-25-15-17-10-11-23(14-17)19(21-13-18(24)22(2)3)20-12-16-8-6-5-7-9-16;/h16-17H,4-15H2,1-3H3,(H,20,21);1H. The summed E-state index contributed by atoms with van der Waals surface area (Å²) in [6, 6.07) is 0. The summed E-state index contributed by atoms with van der Waals surface area (Å²) in [4.78, 5) is 20.5. The van der Waals surface area contributed by atoms with Gasteiger partial charge in [-0.05, 0) is 32.1 Å². The van der Waals surface area contributed by atoms with Crippen molar-refractivity contribution >= 4 is 35.8 Å². The molecule has 0 bridgehead atoms. The molecule has 2 fully saturated rings. The number of hydrogen-bond donors (Lipinski definition) is 1. The minimum atomic E-state index is 0. The van der Waals surface area contributed by atoms with Crippen molar-refractivity contribution in [2.24, 2.45) is 16.8 Å². The van der Waals surface area contributed by atoms with Crippen LogP contribution in [0.4, 0.5) is 0 Å². The molecule has 2 rings (SSSR count). The number of rotatable bonds is 7. The van der Waals surface area contributed by atoms with Gasteiger partial charge in [-0.15, -0.1) is 24.0 Å². The highest BCUT2D eigenvalue weighted by atomic mass is 127. The van der Waals surface area contributed by atoms with Crippen LogP contribution in [0.15, 0.2) is 4.99 Å². The molecule has 1 heterocycles. The Morgan fingerprint density at radius 1 is 1.19 bits per heavy atom. The van der Waals surface area contributed by atoms with Crippen molar-refractivity contribution in [2.75, 3.05) is 53.5 Å². The van der Waals surface area contributed by atoms with E-state index >= 15 is 0 Å². The normalized spacial score (nSPS) is 21.4. The Labute approximate surface area is 176 Å². The molecule has 0 spiro atoms. The Morgan fingerprint density at radius 2 is 1.92 bits per heavy atom. The van der Waals surface area contributed by atoms with Crippen molar-refractivity contribution in [3.8, 4) is 0 Å². The predicted octanol–water partition coefficient (Wildman–Crippen LogP) is 2.58. The minimum absolute atomic E-state index is 0. The number of guanidine groups is 1. The molecule has 1 unspecified atom stereocenters. The van der Waals surface area contributed by atoms with Gasteiger partial charge >= 0.3 is 0 Å². The first-order chi connectivity index (χ1) is 12.1. The summed E-state index contributed by atoms with van der Waals surface area (Å²) in [5, 5.41) is 3.57. The molecule has 0 aromatic carbocycles. The molecule has 26 heavy (non-hydrogen) atoms. The highest BCUT2D eigenvalue weighted by Gasteiger charge is 2.26. The number of carbonyl (C=O) groups excluding carboxylic acids is 1. The third-order valence-corrected chi connectivity index (χ3v) is 5.28. The lowest BCUT2D eigenvalue weighted by molar-refractivity contribution is -0.127. The molecular formula is C19H37IN4O2. The van der Waals surface area contributed by atoms with Crippen molar-refractivity contribution < 1.29 is 9.53 Å². The second-order valence-corrected chi connectivity index (χ2v) is 7.57. The topological polar surface area (TPSA) is 57.2 Å². The van der Waals surface area contributed by atoms with E-state index in [2.05, 4.69) is 15.2 Å². The molecule has 1 saturated heterocycles. The van der Waals surface area contributed by atoms with Gasteiger partial charge < -0.3 is 19.9 Å². The first-order valence-electron chi connectivity index (χ1n) is 9.91. The molecule has 152 valence electrons. The van der Waals surface area contributed by atoms with Crippen molar-refractivity contribution in [1.82, 2.24) is 15.1 Å². The molecule has 1 saturated carbocycles. The van der Waals surface area contributed by atoms with Gasteiger partial charge in [-0.1, -0.05) is 19.3 Å². The Morgan fingerprint density at radius 3 is 2.58 bits per heavy atom. The molecule has 0 aromatic heterocycles. The zero-order chi connectivity index (χ0) is 18.1. The maximum absolute atomic E-state index is 11.9. The Balaban J connectivity index is 0.00000338. The second kappa shape index (κ2) is 12.8. The number of amides is 1. The van der Waals surface area contributed by atoms with Crippen LogP contribution in [0.1, 0.15) is 45.4 Å². The predicted molar refractivity (Wildman–Crippen MR) is 117 cm³/mol. The fourth-order valence-corrected chi connectivity index (χ4v) is 3.62. The van der Waals surface area contributed by atoms with Crippen molar-refractivity contribution in [1.29, 1.82) is 0 Å². The summed E-state index contributed by atoms with van der Waals surface area (Å²) in [6.45, 7) is 6.78. The molecule has 6 nitrogen and oxygen atoms in total. The number of halogens is 1. The van der Waals surface area contributed by atoms with Crippen LogP contribution in [0.25, 0.3) is 0 Å². The molecule has 1 atom stereocenters. The Bertz CT molecular complexity index is 439. The second-order valence-electron chi connectivity index (χ2n) is 7.57. The number of nitrogens with zero attached hydrogens (tertiary/aromatic N) is 3. The van der Waals surface area contributed by atoms with Crippen LogP contribution in [-0.2, 0) is 9.53 Å². The average Bonchev–Trinajstić information content (AvgIpc) is 3.09. The van der Waals surface area contributed by atoms with E-state index in [9.17, 15) is 4.79 Å². The van der Waals surface area contributed by atoms with E-state index in [0.29, 0.717) is 5.92 Å². The van der Waals surface area contributed by atoms with Gasteiger partial charge in [0.2, 0.25) is 5.91 Å². The Kier molecular flexibility index (Phi) is 11.5. The highest BCUT2D eigenvalue weighted by molar-refractivity contribution is 14.0. The summed E-state index contributed by atoms with van der Waals surface area (Å²) in [5.41, 5.74) is 0. The van der Waals surface area contributed by atoms with Crippen LogP contribution in [0.2, 0.25) is 0 Å². The molecule has 7 heteroatoms. The van der Waals surface area contributed by atoms with Gasteiger partial charge in [0.1, 0.15) is 6.54 Å². The van der Waals surface area contributed by atoms with Crippen molar-refractivity contribution in [2.45, 2.75) is 45.4 Å². The minimum Gasteiger partial charge on any atom is -0.381 e. The van der Waals surface area contributed by atoms with Crippen LogP contribution in [0.5, 0.6) is 0 Å². The van der Waals surface area contributed by atoms with Gasteiger partial charge in [0.25, 0.3) is 0 Å². The van der Waals surface area contributed by atoms with E-state index in [1.807, 2.05) is 6.92 Å². The molecule has 0 aromatic rings. The van der Waals surface area contributed by atoms with E-state index in [1.165, 1.54) is 32.1 Å². The van der Waals surface area contributed by atoms with Gasteiger partial charge in [0.05, 0.1) is 6.61 Å². The number of aliphatic imine (C=N–C) groups is 1. The van der Waals surface area contributed by atoms with Gasteiger partial charge in [0.15, 0.2) is 5.96 Å². The quantitative estimate of drug-likeness (QED) is 0.346. The summed E-state index contributed by atoms with van der Waals surface area (Å²) in [7, 11) is 3.56. The Hall–Kier alpha value is -0.570. The molecular weight excluding hydrogens is 443 g/mol. The van der Waals surface area contributed by atoms with Crippen LogP contribution >= 0.6 is 24.0 Å². The number of ether oxygens (including phenoxy) is 1. The molecule has 0 radical (unpaired) electrons. The molecule has 1 amide bonds. The van der Waals surface area contributed by atoms with Crippen LogP contribution < -0.4 is 5.32 Å². The van der Waals surface area contributed by atoms with Gasteiger partial charge in [0, 0.05) is 46.3 Å². The fraction of sp³-hybridized carbons (Fsp3) is 0.895. The zero-order valence-electron chi connectivity index (χ0n) is 16.7. The number of carbonyl (C=O) groups is 1. The van der Waals surface area contributed by atoms with E-state index in [1.54, 1.807) is 19.0 Å². The maximum atomic E-state index is 11.9. The van der Waals surface area contributed by atoms with E-state index in [4.69, 9.17) is 4.74 Å². The SMILES string of the molecule is CCOCC1CCN(C(=NCC(=O)N(C)C)NCC2CCCCC2)C1.I. The summed E-state index contributed by atoms with van der Waals surface area (Å²) >= 11 is 0. The maximum Gasteiger partial charge on any atom is 0.243 e. The third-order valence-electron chi connectivity index (χ3n) is 5.28. The fourth-order valence-electron chi connectivity index (χ4n) is 3.62. The first kappa shape index (κ1) is 23.5. The van der Waals surface area contributed by atoms with E-state index in [-0.39, 0.29) is 36.4 Å². The van der Waals surface area contributed by atoms with Gasteiger partial charge in [-0.2, -0.15) is 0 Å². The zero-order valence-corrected chi connectivity index (χ0v) is 19.0. The summed E-state index contributed by atoms with van der Waals surface area (Å²) in [6.07, 6.45) is 7.82. The number of likely N-dealkylation sites (tertiary alicyclic amines) is 1. The molecule has 2 aliphatic rings. The van der Waals surface area contributed by atoms with Crippen molar-refractivity contribution in [3.05, 3.63) is 0 Å². The molecule has 1 aliphatic heterocycles. The third kappa shape index (κ3) is 7.98. The van der Waals surface area contributed by atoms with Crippen LogP contribution in [-0.4, -0.2) is 75.2 Å². The van der Waals surface area contributed by atoms with E-state index in [0.717, 1.165) is 51.1 Å². The largest absolute Gasteiger partial charge is 0.381 e. The monoisotopic (exact) mass is 480 g/mol. The lowest BCUT2D eigenvalue weighted by Crippen LogP contribution is -2.43. The lowest BCUT2D eigenvalue weighted by Gasteiger charge is -2.26. The van der Waals surface area contributed by atoms with Crippen LogP contribution in [0.3, 0.4) is 0 Å². The number of nitrogens with one attached hydrogen (secondary N) is 1. The van der Waals surface area contributed by atoms with Gasteiger partial charge in [-0.25, -0.2) is 4.99 Å². The van der Waals surface area contributed by atoms with Gasteiger partial charge in [-0.3, -0.25) is 4.79 Å². The summed E-state index contributed by atoms with van der Waals surface area (Å²) < 4.78 is 5.58. The number of hydrogen-bond acceptors (Lipinski definition) is 3. The summed E-state index contributed by atoms with van der Waals surface area (Å²) in [5.74, 6) is 2.25. The first-order valence-corrected chi connectivity index (χ1v) is 9.91. The van der Waals surface area contributed by atoms with Crippen LogP contribution in [0, 0.1) is 11.8 Å². The highest BCUT2D eigenvalue weighted by Crippen LogP contribution is 2.23. The smallest absolute Gasteiger partial charge is 0.243 e. The lowest BCUT2D eigenvalue weighted by atomic mass is 9.89. The number of likely N-dealkylation sites (N-methyl/N-ethyl adjacent to an activating group) is 1. The van der Waals surface area contributed by atoms with E-state index < -0.39 is 0 Å². The molecule has 1 aliphatic carbocycles.